The number of hydrogen-bond donors (Lipinski definition) is 25. The van der Waals surface area contributed by atoms with Crippen molar-refractivity contribution < 1.29 is 9.90 Å². The molecule has 0 atom stereocenters. The minimum Gasteiger partial charge on any atom is -0.464 e. The molecule has 0 radical (unpaired) electrons. The molecule has 0 spiro atoms. The predicted molar refractivity (Wildman–Crippen MR) is 334 cm³/mol. The summed E-state index contributed by atoms with van der Waals surface area (Å²) in [5.74, 6) is 0. The van der Waals surface area contributed by atoms with Crippen molar-refractivity contribution in [1.29, 1.82) is 0 Å². The average molecular weight is 1160 g/mol. The molecule has 26 nitrogen and oxygen atoms in total. The minimum atomic E-state index is -1.25. The molecule has 0 bridgehead atoms. The fourth-order valence-electron chi connectivity index (χ4n) is 9.94. The molecule has 0 saturated carbocycles. The molecule has 0 saturated heterocycles. The van der Waals surface area contributed by atoms with Crippen LogP contribution in [-0.2, 0) is 0 Å². The Balaban J connectivity index is 3.08. The number of hydrazine groups is 23. The van der Waals surface area contributed by atoms with Crippen LogP contribution in [0, 0.1) is 0 Å². The zero-order valence-electron chi connectivity index (χ0n) is 51.8. The number of amides is 1. The first-order valence-corrected chi connectivity index (χ1v) is 33.5. The Morgan fingerprint density at radius 2 is 0.333 bits per heavy atom. The minimum absolute atomic E-state index is 0.880. The first-order valence-electron chi connectivity index (χ1n) is 33.5. The Labute approximate surface area is 494 Å². The summed E-state index contributed by atoms with van der Waals surface area (Å²) in [6.45, 7) is 3.19. The lowest BCUT2D eigenvalue weighted by Gasteiger charge is -2.15. The van der Waals surface area contributed by atoms with Crippen LogP contribution in [0.15, 0.2) is 0 Å². The molecule has 0 rings (SSSR count). The summed E-state index contributed by atoms with van der Waals surface area (Å²) in [5.41, 5.74) is 60.4. The summed E-state index contributed by atoms with van der Waals surface area (Å²) >= 11 is 0. The second kappa shape index (κ2) is 76.4. The Morgan fingerprint density at radius 1 is 0.198 bits per heavy atom. The Morgan fingerprint density at radius 3 is 0.494 bits per heavy atom. The molecule has 0 unspecified atom stereocenters. The Hall–Kier alpha value is -1.65. The lowest BCUT2D eigenvalue weighted by atomic mass is 10.0. The Bertz CT molecular complexity index is 1140. The van der Waals surface area contributed by atoms with Crippen LogP contribution in [0.3, 0.4) is 0 Å². The maximum atomic E-state index is 10.2. The molecule has 81 heavy (non-hydrogen) atoms. The van der Waals surface area contributed by atoms with E-state index in [1.165, 1.54) is 327 Å². The first-order chi connectivity index (χ1) is 40.3. The average Bonchev–Trinajstić information content (AvgIpc) is 3.47. The van der Waals surface area contributed by atoms with Crippen LogP contribution in [0.5, 0.6) is 0 Å². The van der Waals surface area contributed by atoms with Crippen molar-refractivity contribution in [2.24, 2.45) is 0 Å². The van der Waals surface area contributed by atoms with E-state index < -0.39 is 6.09 Å². The zero-order valence-corrected chi connectivity index (χ0v) is 51.8. The largest absolute Gasteiger partial charge is 0.464 e. The van der Waals surface area contributed by atoms with Crippen LogP contribution in [0.4, 0.5) is 4.79 Å². The number of carboxylic acid groups (broad SMARTS) is 1. The van der Waals surface area contributed by atoms with E-state index in [1.54, 1.807) is 0 Å². The molecule has 486 valence electrons. The van der Waals surface area contributed by atoms with E-state index in [9.17, 15) is 4.79 Å². The van der Waals surface area contributed by atoms with Crippen LogP contribution in [0.2, 0.25) is 0 Å². The number of nitrogens with one attached hydrogen (secondary N) is 24. The van der Waals surface area contributed by atoms with Gasteiger partial charge in [-0.2, -0.15) is 122 Å². The van der Waals surface area contributed by atoms with Gasteiger partial charge in [0.15, 0.2) is 0 Å². The molecule has 0 aromatic rings. The molecule has 0 aliphatic heterocycles. The molecule has 0 heterocycles. The van der Waals surface area contributed by atoms with E-state index in [2.05, 4.69) is 134 Å². The van der Waals surface area contributed by atoms with Crippen molar-refractivity contribution in [1.82, 2.24) is 133 Å². The van der Waals surface area contributed by atoms with E-state index in [4.69, 9.17) is 5.11 Å². The maximum Gasteiger partial charge on any atom is 0.420 e. The third kappa shape index (κ3) is 78.3. The highest BCUT2D eigenvalue weighted by Crippen LogP contribution is 2.19. The Kier molecular flexibility index (Phi) is 74.8. The van der Waals surface area contributed by atoms with Crippen LogP contribution in [0.1, 0.15) is 341 Å². The normalized spacial score (nSPS) is 11.7. The smallest absolute Gasteiger partial charge is 0.420 e. The molecule has 0 aliphatic carbocycles. The van der Waals surface area contributed by atoms with Gasteiger partial charge in [0.05, 0.1) is 0 Å². The lowest BCUT2D eigenvalue weighted by molar-refractivity contribution is 0.175. The van der Waals surface area contributed by atoms with Gasteiger partial charge in [-0.25, -0.2) is 15.6 Å². The number of rotatable bonds is 76. The maximum absolute atomic E-state index is 10.2. The highest BCUT2D eigenvalue weighted by atomic mass is 16.4. The highest BCUT2D eigenvalue weighted by molar-refractivity contribution is 5.63. The van der Waals surface area contributed by atoms with Gasteiger partial charge in [0.1, 0.15) is 0 Å². The predicted octanol–water partition coefficient (Wildman–Crippen LogP) is 9.16. The van der Waals surface area contributed by atoms with Crippen LogP contribution >= 0.6 is 0 Å². The van der Waals surface area contributed by atoms with Crippen LogP contribution in [0.25, 0.3) is 0 Å². The van der Waals surface area contributed by atoms with Gasteiger partial charge in [0.25, 0.3) is 0 Å². The van der Waals surface area contributed by atoms with Crippen molar-refractivity contribution in [3.05, 3.63) is 0 Å². The number of unbranched alkanes of at least 4 members (excludes halogenated alkanes) is 51. The van der Waals surface area contributed by atoms with Crippen molar-refractivity contribution in [3.8, 4) is 0 Å². The standard InChI is InChI=1S/C55H134N24O2/c1-2-3-4-5-6-7-8-9-10-11-12-13-14-15-16-17-18-19-20-21-22-23-24-25-26-27-28-29-30-31-32-33-34-35-36-37-38-39-40-41-42-43-44-45-46-47-48-49-50-51-52-53-54-56-58-60-62-64-66-68-70-72-74-76-78-79-77-75-73-71-69-67-65-63-61-59-57-55(80)81/h56-79H,2-54H2,1H3,(H,80,81). The molecular weight excluding hydrogens is 1030 g/mol. The van der Waals surface area contributed by atoms with Gasteiger partial charge in [0.2, 0.25) is 0 Å². The summed E-state index contributed by atoms with van der Waals surface area (Å²) in [7, 11) is 0. The first kappa shape index (κ1) is 79.3. The molecule has 1 amide bonds. The van der Waals surface area contributed by atoms with Crippen molar-refractivity contribution in [2.45, 2.75) is 341 Å². The molecular formula is C55H134N24O2. The van der Waals surface area contributed by atoms with Crippen LogP contribution < -0.4 is 133 Å². The van der Waals surface area contributed by atoms with Gasteiger partial charge in [-0.3, -0.25) is 0 Å². The fourth-order valence-corrected chi connectivity index (χ4v) is 9.94. The van der Waals surface area contributed by atoms with E-state index in [1.807, 2.05) is 5.43 Å². The van der Waals surface area contributed by atoms with E-state index in [0.717, 1.165) is 13.0 Å². The molecule has 0 fully saturated rings. The van der Waals surface area contributed by atoms with E-state index in [-0.39, 0.29) is 0 Å². The highest BCUT2D eigenvalue weighted by Gasteiger charge is 2.00. The summed E-state index contributed by atoms with van der Waals surface area (Å²) in [4.78, 5) is 10.2. The number of carbonyl (C=O) groups is 1. The van der Waals surface area contributed by atoms with Crippen molar-refractivity contribution in [2.75, 3.05) is 6.54 Å². The quantitative estimate of drug-likeness (QED) is 0.0199. The summed E-state index contributed by atoms with van der Waals surface area (Å²) in [6.07, 6.45) is 74.0. The van der Waals surface area contributed by atoms with Crippen LogP contribution in [-0.4, -0.2) is 17.7 Å². The van der Waals surface area contributed by atoms with E-state index in [0.29, 0.717) is 0 Å². The second-order valence-electron chi connectivity index (χ2n) is 22.1. The van der Waals surface area contributed by atoms with Gasteiger partial charge in [-0.15, -0.1) is 0 Å². The van der Waals surface area contributed by atoms with Gasteiger partial charge < -0.3 is 5.11 Å². The van der Waals surface area contributed by atoms with Gasteiger partial charge in [-0.1, -0.05) is 334 Å². The van der Waals surface area contributed by atoms with Gasteiger partial charge in [0, 0.05) is 6.54 Å². The SMILES string of the molecule is CCCCCCCCCCCCCCCCCCCCCCCCCCCCCCCCCCCCCCCCCCCCCCCCCCCCCCNNNNNNNNNNNNNNNNNNNNNNNNC(=O)O. The monoisotopic (exact) mass is 1160 g/mol. The van der Waals surface area contributed by atoms with Crippen molar-refractivity contribution in [3.63, 3.8) is 0 Å². The molecule has 26 heteroatoms. The number of hydrogen-bond acceptors (Lipinski definition) is 24. The summed E-state index contributed by atoms with van der Waals surface area (Å²) in [6, 6.07) is 0. The molecule has 25 N–H and O–H groups in total. The second-order valence-corrected chi connectivity index (χ2v) is 22.1. The third-order valence-corrected chi connectivity index (χ3v) is 14.7. The van der Waals surface area contributed by atoms with Gasteiger partial charge in [-0.05, 0) is 6.42 Å². The van der Waals surface area contributed by atoms with E-state index >= 15 is 0 Å². The molecule has 0 aliphatic rings. The van der Waals surface area contributed by atoms with Gasteiger partial charge >= 0.3 is 6.09 Å². The fraction of sp³-hybridized carbons (Fsp3) is 0.982. The topological polar surface area (TPSA) is 326 Å². The molecule has 0 aromatic heterocycles. The molecule has 0 aromatic carbocycles. The third-order valence-electron chi connectivity index (χ3n) is 14.7. The zero-order chi connectivity index (χ0) is 58.0. The summed E-state index contributed by atoms with van der Waals surface area (Å²) < 4.78 is 0. The lowest BCUT2D eigenvalue weighted by Crippen LogP contribution is -2.70. The van der Waals surface area contributed by atoms with Crippen molar-refractivity contribution >= 4 is 6.09 Å². The summed E-state index contributed by atoms with van der Waals surface area (Å²) in [5, 5.41) is 8.34.